The Morgan fingerprint density at radius 2 is 1.95 bits per heavy atom. The fraction of sp³-hybridized carbons (Fsp3) is 0.375. The number of piperidine rings is 1. The van der Waals surface area contributed by atoms with Gasteiger partial charge < -0.3 is 19.9 Å². The number of carbonyl (C=O) groups is 2. The van der Waals surface area contributed by atoms with Crippen molar-refractivity contribution in [1.29, 1.82) is 0 Å². The SMILES string of the molecule is Cn1ccc2ccc(NC(=O)N3CCC(C(=O)O)CC3)cc21. The van der Waals surface area contributed by atoms with E-state index in [4.69, 9.17) is 5.11 Å². The zero-order valence-electron chi connectivity index (χ0n) is 12.5. The summed E-state index contributed by atoms with van der Waals surface area (Å²) >= 11 is 0. The normalized spacial score (nSPS) is 16.0. The van der Waals surface area contributed by atoms with Crippen LogP contribution < -0.4 is 5.32 Å². The topological polar surface area (TPSA) is 74.6 Å². The molecule has 6 nitrogen and oxygen atoms in total. The maximum Gasteiger partial charge on any atom is 0.321 e. The van der Waals surface area contributed by atoms with Crippen LogP contribution in [0.15, 0.2) is 30.5 Å². The number of rotatable bonds is 2. The number of anilines is 1. The van der Waals surface area contributed by atoms with Gasteiger partial charge in [0.05, 0.1) is 5.92 Å². The molecule has 0 bridgehead atoms. The Labute approximate surface area is 128 Å². The number of fused-ring (bicyclic) bond motifs is 1. The van der Waals surface area contributed by atoms with Gasteiger partial charge in [-0.3, -0.25) is 4.79 Å². The quantitative estimate of drug-likeness (QED) is 0.895. The molecule has 1 fully saturated rings. The standard InChI is InChI=1S/C16H19N3O3/c1-18-7-4-11-2-3-13(10-14(11)18)17-16(22)19-8-5-12(6-9-19)15(20)21/h2-4,7,10,12H,5-6,8-9H2,1H3,(H,17,22)(H,20,21). The van der Waals surface area contributed by atoms with Crippen molar-refractivity contribution in [3.05, 3.63) is 30.5 Å². The number of aryl methyl sites for hydroxylation is 1. The molecule has 2 aromatic rings. The number of urea groups is 1. The van der Waals surface area contributed by atoms with Crippen LogP contribution in [0.5, 0.6) is 0 Å². The smallest absolute Gasteiger partial charge is 0.321 e. The van der Waals surface area contributed by atoms with E-state index in [-0.39, 0.29) is 11.9 Å². The summed E-state index contributed by atoms with van der Waals surface area (Å²) in [4.78, 5) is 24.9. The summed E-state index contributed by atoms with van der Waals surface area (Å²) < 4.78 is 2.00. The third-order valence-electron chi connectivity index (χ3n) is 4.27. The highest BCUT2D eigenvalue weighted by Crippen LogP contribution is 2.21. The van der Waals surface area contributed by atoms with Gasteiger partial charge in [-0.2, -0.15) is 0 Å². The minimum Gasteiger partial charge on any atom is -0.481 e. The van der Waals surface area contributed by atoms with Gasteiger partial charge in [-0.1, -0.05) is 6.07 Å². The molecule has 1 aromatic carbocycles. The van der Waals surface area contributed by atoms with E-state index in [2.05, 4.69) is 5.32 Å². The first-order chi connectivity index (χ1) is 10.5. The average molecular weight is 301 g/mol. The number of amides is 2. The number of aliphatic carboxylic acids is 1. The van der Waals surface area contributed by atoms with E-state index in [1.165, 1.54) is 0 Å². The molecule has 2 heterocycles. The van der Waals surface area contributed by atoms with Crippen LogP contribution in [0.2, 0.25) is 0 Å². The number of hydrogen-bond acceptors (Lipinski definition) is 2. The molecule has 0 atom stereocenters. The van der Waals surface area contributed by atoms with Gasteiger partial charge in [0.15, 0.2) is 0 Å². The van der Waals surface area contributed by atoms with Crippen LogP contribution in [0.25, 0.3) is 10.9 Å². The molecule has 0 aliphatic carbocycles. The molecule has 3 rings (SSSR count). The van der Waals surface area contributed by atoms with Gasteiger partial charge in [-0.25, -0.2) is 4.79 Å². The van der Waals surface area contributed by atoms with Crippen LogP contribution in [0.1, 0.15) is 12.8 Å². The van der Waals surface area contributed by atoms with E-state index >= 15 is 0 Å². The van der Waals surface area contributed by atoms with Gasteiger partial charge in [0, 0.05) is 37.5 Å². The van der Waals surface area contributed by atoms with E-state index in [1.807, 2.05) is 42.1 Å². The van der Waals surface area contributed by atoms with Crippen molar-refractivity contribution < 1.29 is 14.7 Å². The van der Waals surface area contributed by atoms with Gasteiger partial charge in [0.25, 0.3) is 0 Å². The summed E-state index contributed by atoms with van der Waals surface area (Å²) in [5.74, 6) is -1.10. The number of carbonyl (C=O) groups excluding carboxylic acids is 1. The Morgan fingerprint density at radius 3 is 2.64 bits per heavy atom. The van der Waals surface area contributed by atoms with Crippen molar-refractivity contribution in [2.75, 3.05) is 18.4 Å². The second-order valence-corrected chi connectivity index (χ2v) is 5.73. The first kappa shape index (κ1) is 14.4. The molecule has 0 radical (unpaired) electrons. The summed E-state index contributed by atoms with van der Waals surface area (Å²) in [7, 11) is 1.96. The molecule has 6 heteroatoms. The summed E-state index contributed by atoms with van der Waals surface area (Å²) in [5.41, 5.74) is 1.81. The highest BCUT2D eigenvalue weighted by molar-refractivity contribution is 5.93. The lowest BCUT2D eigenvalue weighted by atomic mass is 9.97. The predicted octanol–water partition coefficient (Wildman–Crippen LogP) is 2.51. The number of carboxylic acids is 1. The minimum atomic E-state index is -0.769. The maximum absolute atomic E-state index is 12.3. The van der Waals surface area contributed by atoms with Crippen LogP contribution >= 0.6 is 0 Å². The summed E-state index contributed by atoms with van der Waals surface area (Å²) in [6.45, 7) is 0.963. The number of nitrogens with zero attached hydrogens (tertiary/aromatic N) is 2. The molecule has 116 valence electrons. The Kier molecular flexibility index (Phi) is 3.75. The lowest BCUT2D eigenvalue weighted by molar-refractivity contribution is -0.143. The van der Waals surface area contributed by atoms with E-state index < -0.39 is 5.97 Å². The second-order valence-electron chi connectivity index (χ2n) is 5.73. The molecule has 22 heavy (non-hydrogen) atoms. The predicted molar refractivity (Wildman–Crippen MR) is 83.9 cm³/mol. The van der Waals surface area contributed by atoms with Gasteiger partial charge in [-0.15, -0.1) is 0 Å². The van der Waals surface area contributed by atoms with E-state index in [1.54, 1.807) is 4.90 Å². The van der Waals surface area contributed by atoms with Gasteiger partial charge in [-0.05, 0) is 36.4 Å². The molecule has 2 N–H and O–H groups in total. The Bertz CT molecular complexity index is 714. The fourth-order valence-corrected chi connectivity index (χ4v) is 2.87. The van der Waals surface area contributed by atoms with E-state index in [9.17, 15) is 9.59 Å². The summed E-state index contributed by atoms with van der Waals surface area (Å²) in [6, 6.07) is 7.65. The lowest BCUT2D eigenvalue weighted by Gasteiger charge is -2.30. The Morgan fingerprint density at radius 1 is 1.23 bits per heavy atom. The molecule has 0 unspecified atom stereocenters. The highest BCUT2D eigenvalue weighted by Gasteiger charge is 2.26. The van der Waals surface area contributed by atoms with Crippen LogP contribution in [0, 0.1) is 5.92 Å². The summed E-state index contributed by atoms with van der Waals surface area (Å²) in [6.07, 6.45) is 3.01. The highest BCUT2D eigenvalue weighted by atomic mass is 16.4. The van der Waals surface area contributed by atoms with Crippen LogP contribution in [-0.2, 0) is 11.8 Å². The van der Waals surface area contributed by atoms with Gasteiger partial charge >= 0.3 is 12.0 Å². The molecular formula is C16H19N3O3. The maximum atomic E-state index is 12.3. The average Bonchev–Trinajstić information content (AvgIpc) is 2.88. The van der Waals surface area contributed by atoms with Crippen molar-refractivity contribution in [3.8, 4) is 0 Å². The van der Waals surface area contributed by atoms with Crippen molar-refractivity contribution in [3.63, 3.8) is 0 Å². The van der Waals surface area contributed by atoms with E-state index in [0.29, 0.717) is 25.9 Å². The zero-order chi connectivity index (χ0) is 15.7. The third kappa shape index (κ3) is 2.77. The van der Waals surface area contributed by atoms with Crippen molar-refractivity contribution in [1.82, 2.24) is 9.47 Å². The van der Waals surface area contributed by atoms with Crippen molar-refractivity contribution in [2.45, 2.75) is 12.8 Å². The van der Waals surface area contributed by atoms with Crippen LogP contribution in [-0.4, -0.2) is 39.7 Å². The number of nitrogens with one attached hydrogen (secondary N) is 1. The minimum absolute atomic E-state index is 0.169. The lowest BCUT2D eigenvalue weighted by Crippen LogP contribution is -2.42. The molecule has 2 amide bonds. The zero-order valence-corrected chi connectivity index (χ0v) is 12.5. The largest absolute Gasteiger partial charge is 0.481 e. The van der Waals surface area contributed by atoms with Crippen molar-refractivity contribution >= 4 is 28.6 Å². The molecule has 1 saturated heterocycles. The molecular weight excluding hydrogens is 282 g/mol. The van der Waals surface area contributed by atoms with Gasteiger partial charge in [0.2, 0.25) is 0 Å². The number of hydrogen-bond donors (Lipinski definition) is 2. The first-order valence-corrected chi connectivity index (χ1v) is 7.38. The summed E-state index contributed by atoms with van der Waals surface area (Å²) in [5, 5.41) is 13.0. The molecule has 0 spiro atoms. The van der Waals surface area contributed by atoms with Gasteiger partial charge in [0.1, 0.15) is 0 Å². The fourth-order valence-electron chi connectivity index (χ4n) is 2.87. The third-order valence-corrected chi connectivity index (χ3v) is 4.27. The van der Waals surface area contributed by atoms with E-state index in [0.717, 1.165) is 16.6 Å². The number of likely N-dealkylation sites (tertiary alicyclic amines) is 1. The van der Waals surface area contributed by atoms with Crippen LogP contribution in [0.3, 0.4) is 0 Å². The molecule has 1 aliphatic rings. The molecule has 1 aliphatic heterocycles. The molecule has 0 saturated carbocycles. The monoisotopic (exact) mass is 301 g/mol. The Hall–Kier alpha value is -2.50. The number of carboxylic acid groups (broad SMARTS) is 1. The number of aromatic nitrogens is 1. The van der Waals surface area contributed by atoms with Crippen molar-refractivity contribution in [2.24, 2.45) is 13.0 Å². The first-order valence-electron chi connectivity index (χ1n) is 7.38. The molecule has 1 aromatic heterocycles. The number of benzene rings is 1. The second kappa shape index (κ2) is 5.71. The van der Waals surface area contributed by atoms with Crippen LogP contribution in [0.4, 0.5) is 10.5 Å². The Balaban J connectivity index is 1.66.